The smallest absolute Gasteiger partial charge is 0.280 e. The Labute approximate surface area is 242 Å². The lowest BCUT2D eigenvalue weighted by molar-refractivity contribution is 0.0733. The van der Waals surface area contributed by atoms with Gasteiger partial charge in [-0.1, -0.05) is 59.6 Å². The second-order valence-corrected chi connectivity index (χ2v) is 11.7. The Kier molecular flexibility index (Phi) is 9.43. The maximum absolute atomic E-state index is 13.6. The average Bonchev–Trinajstić information content (AvgIpc) is 2.91. The van der Waals surface area contributed by atoms with E-state index in [1.807, 2.05) is 59.5 Å². The highest BCUT2D eigenvalue weighted by atomic mass is 79.9. The molecule has 0 bridgehead atoms. The van der Waals surface area contributed by atoms with E-state index in [9.17, 15) is 9.59 Å². The Morgan fingerprint density at radius 3 is 2.49 bits per heavy atom. The molecule has 39 heavy (non-hydrogen) atoms. The molecule has 4 aromatic rings. The molecule has 0 fully saturated rings. The zero-order valence-corrected chi connectivity index (χ0v) is 24.5. The summed E-state index contributed by atoms with van der Waals surface area (Å²) in [5.41, 5.74) is 10.5. The predicted molar refractivity (Wildman–Crippen MR) is 162 cm³/mol. The van der Waals surface area contributed by atoms with Gasteiger partial charge in [0.2, 0.25) is 0 Å². The van der Waals surface area contributed by atoms with E-state index in [-0.39, 0.29) is 16.9 Å². The molecule has 0 unspecified atom stereocenters. The molecule has 4 rings (SSSR count). The van der Waals surface area contributed by atoms with Gasteiger partial charge in [-0.05, 0) is 79.4 Å². The van der Waals surface area contributed by atoms with Crippen molar-refractivity contribution in [3.05, 3.63) is 104 Å². The highest BCUT2D eigenvalue weighted by Gasteiger charge is 2.26. The van der Waals surface area contributed by atoms with Crippen LogP contribution in [0.2, 0.25) is 5.02 Å². The van der Waals surface area contributed by atoms with Gasteiger partial charge in [-0.15, -0.1) is 0 Å². The second-order valence-electron chi connectivity index (χ2n) is 10.3. The summed E-state index contributed by atoms with van der Waals surface area (Å²) < 4.78 is 2.44. The lowest BCUT2D eigenvalue weighted by atomic mass is 9.85. The van der Waals surface area contributed by atoms with Crippen LogP contribution in [0.15, 0.2) is 82.1 Å². The van der Waals surface area contributed by atoms with Crippen LogP contribution in [0.5, 0.6) is 0 Å². The van der Waals surface area contributed by atoms with Gasteiger partial charge < -0.3 is 10.6 Å². The van der Waals surface area contributed by atoms with Gasteiger partial charge in [-0.2, -0.15) is 0 Å². The molecule has 9 heteroatoms. The van der Waals surface area contributed by atoms with E-state index < -0.39 is 0 Å². The minimum absolute atomic E-state index is 0.0205. The quantitative estimate of drug-likeness (QED) is 0.213. The standard InChI is InChI=1S/C30H33BrClN5O2/c1-30(2,15-18-36(17-6-16-33)28(38)21-9-11-22(31)12-10-21)20-27-34-26-19-23(32)13-14-25(26)29(39)37(27)35-24-7-4-3-5-8-24/h3-5,7-14,19,35H,6,15-18,20,33H2,1-2H3. The first kappa shape index (κ1) is 28.8. The summed E-state index contributed by atoms with van der Waals surface area (Å²) in [5, 5.41) is 1.01. The van der Waals surface area contributed by atoms with Gasteiger partial charge in [0.1, 0.15) is 5.82 Å². The van der Waals surface area contributed by atoms with Crippen molar-refractivity contribution >= 4 is 50.0 Å². The summed E-state index contributed by atoms with van der Waals surface area (Å²) in [5.74, 6) is 0.573. The maximum Gasteiger partial charge on any atom is 0.280 e. The number of benzene rings is 3. The van der Waals surface area contributed by atoms with Crippen molar-refractivity contribution in [2.24, 2.45) is 11.1 Å². The second kappa shape index (κ2) is 12.8. The topological polar surface area (TPSA) is 93.2 Å². The molecule has 0 radical (unpaired) electrons. The lowest BCUT2D eigenvalue weighted by Crippen LogP contribution is -2.37. The predicted octanol–water partition coefficient (Wildman–Crippen LogP) is 6.14. The minimum atomic E-state index is -0.285. The number of anilines is 1. The number of aromatic nitrogens is 2. The number of carbonyl (C=O) groups is 1. The van der Waals surface area contributed by atoms with Crippen molar-refractivity contribution in [1.29, 1.82) is 0 Å². The van der Waals surface area contributed by atoms with Crippen molar-refractivity contribution in [2.45, 2.75) is 33.1 Å². The zero-order chi connectivity index (χ0) is 28.0. The molecule has 1 aromatic heterocycles. The molecular weight excluding hydrogens is 578 g/mol. The van der Waals surface area contributed by atoms with Crippen molar-refractivity contribution in [3.8, 4) is 0 Å². The molecular formula is C30H33BrClN5O2. The third-order valence-electron chi connectivity index (χ3n) is 6.62. The number of hydrogen-bond donors (Lipinski definition) is 2. The summed E-state index contributed by atoms with van der Waals surface area (Å²) in [6.07, 6.45) is 1.92. The van der Waals surface area contributed by atoms with E-state index in [1.54, 1.807) is 18.2 Å². The van der Waals surface area contributed by atoms with Crippen LogP contribution in [0.3, 0.4) is 0 Å². The van der Waals surface area contributed by atoms with Crippen LogP contribution >= 0.6 is 27.5 Å². The van der Waals surface area contributed by atoms with Crippen LogP contribution in [0.4, 0.5) is 5.69 Å². The van der Waals surface area contributed by atoms with Crippen LogP contribution in [-0.4, -0.2) is 40.1 Å². The zero-order valence-electron chi connectivity index (χ0n) is 22.2. The van der Waals surface area contributed by atoms with E-state index in [0.29, 0.717) is 59.8 Å². The van der Waals surface area contributed by atoms with Gasteiger partial charge >= 0.3 is 0 Å². The van der Waals surface area contributed by atoms with Crippen LogP contribution in [-0.2, 0) is 6.42 Å². The lowest BCUT2D eigenvalue weighted by Gasteiger charge is -2.30. The fourth-order valence-electron chi connectivity index (χ4n) is 4.41. The molecule has 3 N–H and O–H groups in total. The first-order valence-electron chi connectivity index (χ1n) is 12.9. The van der Waals surface area contributed by atoms with Crippen LogP contribution in [0, 0.1) is 5.41 Å². The van der Waals surface area contributed by atoms with Gasteiger partial charge in [0.15, 0.2) is 0 Å². The molecule has 0 aliphatic heterocycles. The van der Waals surface area contributed by atoms with E-state index in [4.69, 9.17) is 22.3 Å². The number of carbonyl (C=O) groups excluding carboxylic acids is 1. The molecule has 7 nitrogen and oxygen atoms in total. The summed E-state index contributed by atoms with van der Waals surface area (Å²) >= 11 is 9.66. The maximum atomic E-state index is 13.6. The van der Waals surface area contributed by atoms with Crippen LogP contribution in [0.25, 0.3) is 10.9 Å². The molecule has 1 amide bonds. The number of rotatable bonds is 11. The highest BCUT2D eigenvalue weighted by molar-refractivity contribution is 9.10. The van der Waals surface area contributed by atoms with Crippen molar-refractivity contribution < 1.29 is 4.79 Å². The van der Waals surface area contributed by atoms with Gasteiger partial charge in [0.25, 0.3) is 11.5 Å². The monoisotopic (exact) mass is 609 g/mol. The first-order chi connectivity index (χ1) is 18.7. The number of hydrogen-bond acceptors (Lipinski definition) is 5. The normalized spacial score (nSPS) is 11.5. The molecule has 1 heterocycles. The van der Waals surface area contributed by atoms with Gasteiger partial charge in [-0.3, -0.25) is 15.0 Å². The van der Waals surface area contributed by atoms with Crippen molar-refractivity contribution in [3.63, 3.8) is 0 Å². The van der Waals surface area contributed by atoms with Gasteiger partial charge in [0.05, 0.1) is 16.6 Å². The van der Waals surface area contributed by atoms with E-state index in [1.165, 1.54) is 4.68 Å². The molecule has 0 saturated carbocycles. The largest absolute Gasteiger partial charge is 0.339 e. The number of fused-ring (bicyclic) bond motifs is 1. The fraction of sp³-hybridized carbons (Fsp3) is 0.300. The molecule has 0 aliphatic rings. The molecule has 0 aliphatic carbocycles. The number of para-hydroxylation sites is 1. The molecule has 204 valence electrons. The summed E-state index contributed by atoms with van der Waals surface area (Å²) in [6.45, 7) is 5.89. The Hall–Kier alpha value is -3.20. The number of halogens is 2. The number of nitrogens with zero attached hydrogens (tertiary/aromatic N) is 3. The average molecular weight is 611 g/mol. The molecule has 0 saturated heterocycles. The minimum Gasteiger partial charge on any atom is -0.339 e. The van der Waals surface area contributed by atoms with E-state index in [2.05, 4.69) is 35.2 Å². The third-order valence-corrected chi connectivity index (χ3v) is 7.39. The fourth-order valence-corrected chi connectivity index (χ4v) is 4.84. The summed E-state index contributed by atoms with van der Waals surface area (Å²) in [7, 11) is 0. The van der Waals surface area contributed by atoms with Crippen molar-refractivity contribution in [1.82, 2.24) is 14.6 Å². The molecule has 0 spiro atoms. The number of nitrogens with one attached hydrogen (secondary N) is 1. The van der Waals surface area contributed by atoms with E-state index in [0.717, 1.165) is 16.6 Å². The molecule has 0 atom stereocenters. The Bertz CT molecular complexity index is 1490. The summed E-state index contributed by atoms with van der Waals surface area (Å²) in [4.78, 5) is 33.6. The number of amides is 1. The Morgan fingerprint density at radius 1 is 1.08 bits per heavy atom. The van der Waals surface area contributed by atoms with Crippen LogP contribution < -0.4 is 16.7 Å². The van der Waals surface area contributed by atoms with Crippen LogP contribution in [0.1, 0.15) is 42.9 Å². The summed E-state index contributed by atoms with van der Waals surface area (Å²) in [6, 6.07) is 22.0. The van der Waals surface area contributed by atoms with Crippen molar-refractivity contribution in [2.75, 3.05) is 25.1 Å². The van der Waals surface area contributed by atoms with E-state index >= 15 is 0 Å². The molecule has 3 aromatic carbocycles. The first-order valence-corrected chi connectivity index (χ1v) is 14.1. The van der Waals surface area contributed by atoms with Gasteiger partial charge in [-0.25, -0.2) is 9.66 Å². The third kappa shape index (κ3) is 7.47. The Balaban J connectivity index is 1.60. The Morgan fingerprint density at radius 2 is 1.79 bits per heavy atom. The highest BCUT2D eigenvalue weighted by Crippen LogP contribution is 2.27. The van der Waals surface area contributed by atoms with Gasteiger partial charge in [0, 0.05) is 34.6 Å². The SMILES string of the molecule is CC(C)(CCN(CCCN)C(=O)c1ccc(Br)cc1)Cc1nc2cc(Cl)ccc2c(=O)n1Nc1ccccc1. The number of nitrogens with two attached hydrogens (primary N) is 1.